The molecule has 1 atom stereocenters. The Morgan fingerprint density at radius 2 is 2.44 bits per heavy atom. The molecule has 0 aliphatic carbocycles. The standard InChI is InChI=1S/C12H20N4/c1-2-7-15-9-6-14-12(15)16-8-4-3-5-11(16)10-13/h2,6,9,11H,1,3-5,7-8,10,13H2. The first-order valence-electron chi connectivity index (χ1n) is 5.95. The molecule has 2 heterocycles. The molecule has 1 fully saturated rings. The zero-order valence-corrected chi connectivity index (χ0v) is 9.68. The summed E-state index contributed by atoms with van der Waals surface area (Å²) in [6, 6.07) is 0.444. The maximum atomic E-state index is 5.82. The minimum atomic E-state index is 0.444. The highest BCUT2D eigenvalue weighted by Crippen LogP contribution is 2.22. The largest absolute Gasteiger partial charge is 0.338 e. The average molecular weight is 220 g/mol. The quantitative estimate of drug-likeness (QED) is 0.780. The molecule has 0 bridgehead atoms. The number of aromatic nitrogens is 2. The summed E-state index contributed by atoms with van der Waals surface area (Å²) >= 11 is 0. The van der Waals surface area contributed by atoms with Crippen LogP contribution in [0.25, 0.3) is 0 Å². The van der Waals surface area contributed by atoms with Crippen molar-refractivity contribution in [1.82, 2.24) is 9.55 Å². The number of anilines is 1. The fraction of sp³-hybridized carbons (Fsp3) is 0.583. The van der Waals surface area contributed by atoms with Crippen LogP contribution in [0.15, 0.2) is 25.0 Å². The summed E-state index contributed by atoms with van der Waals surface area (Å²) < 4.78 is 2.13. The van der Waals surface area contributed by atoms with Gasteiger partial charge in [0.1, 0.15) is 0 Å². The Morgan fingerprint density at radius 3 is 3.19 bits per heavy atom. The van der Waals surface area contributed by atoms with Gasteiger partial charge in [-0.3, -0.25) is 0 Å². The molecule has 2 rings (SSSR count). The van der Waals surface area contributed by atoms with Crippen LogP contribution in [0.4, 0.5) is 5.95 Å². The third kappa shape index (κ3) is 2.11. The number of nitrogens with zero attached hydrogens (tertiary/aromatic N) is 3. The molecular formula is C12H20N4. The fourth-order valence-corrected chi connectivity index (χ4v) is 2.35. The van der Waals surface area contributed by atoms with Crippen molar-refractivity contribution >= 4 is 5.95 Å². The van der Waals surface area contributed by atoms with Gasteiger partial charge in [-0.15, -0.1) is 6.58 Å². The Labute approximate surface area is 96.8 Å². The van der Waals surface area contributed by atoms with Crippen LogP contribution in [-0.2, 0) is 6.54 Å². The van der Waals surface area contributed by atoms with Crippen LogP contribution in [0, 0.1) is 0 Å². The topological polar surface area (TPSA) is 47.1 Å². The fourth-order valence-electron chi connectivity index (χ4n) is 2.35. The van der Waals surface area contributed by atoms with Crippen LogP contribution in [0.2, 0.25) is 0 Å². The van der Waals surface area contributed by atoms with Crippen molar-refractivity contribution in [1.29, 1.82) is 0 Å². The van der Waals surface area contributed by atoms with E-state index >= 15 is 0 Å². The van der Waals surface area contributed by atoms with Gasteiger partial charge in [0.2, 0.25) is 5.95 Å². The SMILES string of the molecule is C=CCn1ccnc1N1CCCCC1CN. The summed E-state index contributed by atoms with van der Waals surface area (Å²) in [5, 5.41) is 0. The van der Waals surface area contributed by atoms with E-state index in [1.807, 2.05) is 18.5 Å². The Hall–Kier alpha value is -1.29. The van der Waals surface area contributed by atoms with Crippen LogP contribution < -0.4 is 10.6 Å². The lowest BCUT2D eigenvalue weighted by Gasteiger charge is -2.36. The van der Waals surface area contributed by atoms with Crippen LogP contribution in [0.3, 0.4) is 0 Å². The number of imidazole rings is 1. The lowest BCUT2D eigenvalue weighted by Crippen LogP contribution is -2.45. The second-order valence-electron chi connectivity index (χ2n) is 4.25. The molecule has 4 nitrogen and oxygen atoms in total. The number of hydrogen-bond donors (Lipinski definition) is 1. The van der Waals surface area contributed by atoms with Crippen LogP contribution in [0.5, 0.6) is 0 Å². The second-order valence-corrected chi connectivity index (χ2v) is 4.25. The molecule has 0 amide bonds. The first-order chi connectivity index (χ1) is 7.86. The first kappa shape index (κ1) is 11.2. The van der Waals surface area contributed by atoms with Crippen LogP contribution in [-0.4, -0.2) is 28.7 Å². The van der Waals surface area contributed by atoms with Gasteiger partial charge in [0.15, 0.2) is 0 Å². The summed E-state index contributed by atoms with van der Waals surface area (Å²) in [5.74, 6) is 1.04. The highest BCUT2D eigenvalue weighted by Gasteiger charge is 2.24. The van der Waals surface area contributed by atoms with Crippen molar-refractivity contribution in [2.75, 3.05) is 18.0 Å². The van der Waals surface area contributed by atoms with Crippen LogP contribution in [0.1, 0.15) is 19.3 Å². The van der Waals surface area contributed by atoms with E-state index in [4.69, 9.17) is 5.73 Å². The number of hydrogen-bond acceptors (Lipinski definition) is 3. The number of nitrogens with two attached hydrogens (primary N) is 1. The second kappa shape index (κ2) is 5.16. The molecule has 1 aliphatic heterocycles. The Balaban J connectivity index is 2.19. The van der Waals surface area contributed by atoms with Gasteiger partial charge in [0.25, 0.3) is 0 Å². The smallest absolute Gasteiger partial charge is 0.206 e. The molecule has 0 radical (unpaired) electrons. The summed E-state index contributed by atoms with van der Waals surface area (Å²) in [4.78, 5) is 6.78. The molecular weight excluding hydrogens is 200 g/mol. The zero-order valence-electron chi connectivity index (χ0n) is 9.68. The lowest BCUT2D eigenvalue weighted by atomic mass is 10.0. The van der Waals surface area contributed by atoms with Gasteiger partial charge in [-0.2, -0.15) is 0 Å². The van der Waals surface area contributed by atoms with E-state index in [-0.39, 0.29) is 0 Å². The highest BCUT2D eigenvalue weighted by molar-refractivity contribution is 5.34. The van der Waals surface area contributed by atoms with Gasteiger partial charge in [-0.05, 0) is 19.3 Å². The van der Waals surface area contributed by atoms with Gasteiger partial charge in [0.05, 0.1) is 0 Å². The van der Waals surface area contributed by atoms with E-state index in [9.17, 15) is 0 Å². The number of allylic oxidation sites excluding steroid dienone is 1. The van der Waals surface area contributed by atoms with Crippen molar-refractivity contribution in [2.45, 2.75) is 31.8 Å². The third-order valence-corrected chi connectivity index (χ3v) is 3.18. The Bertz CT molecular complexity index is 345. The Morgan fingerprint density at radius 1 is 1.56 bits per heavy atom. The van der Waals surface area contributed by atoms with E-state index in [0.29, 0.717) is 12.6 Å². The van der Waals surface area contributed by atoms with Gasteiger partial charge >= 0.3 is 0 Å². The summed E-state index contributed by atoms with van der Waals surface area (Å²) in [6.07, 6.45) is 9.43. The van der Waals surface area contributed by atoms with Crippen LogP contribution >= 0.6 is 0 Å². The summed E-state index contributed by atoms with van der Waals surface area (Å²) in [7, 11) is 0. The predicted molar refractivity (Wildman–Crippen MR) is 66.5 cm³/mol. The lowest BCUT2D eigenvalue weighted by molar-refractivity contribution is 0.453. The summed E-state index contributed by atoms with van der Waals surface area (Å²) in [6.45, 7) is 6.35. The molecule has 16 heavy (non-hydrogen) atoms. The Kier molecular flexibility index (Phi) is 3.62. The third-order valence-electron chi connectivity index (χ3n) is 3.18. The number of piperidine rings is 1. The van der Waals surface area contributed by atoms with E-state index in [0.717, 1.165) is 19.0 Å². The van der Waals surface area contributed by atoms with Crippen molar-refractivity contribution < 1.29 is 0 Å². The van der Waals surface area contributed by atoms with E-state index < -0.39 is 0 Å². The molecule has 1 aromatic rings. The van der Waals surface area contributed by atoms with Crippen molar-refractivity contribution in [3.8, 4) is 0 Å². The maximum absolute atomic E-state index is 5.82. The van der Waals surface area contributed by atoms with E-state index in [1.54, 1.807) is 0 Å². The van der Waals surface area contributed by atoms with Crippen molar-refractivity contribution in [2.24, 2.45) is 5.73 Å². The molecule has 0 spiro atoms. The predicted octanol–water partition coefficient (Wildman–Crippen LogP) is 1.39. The first-order valence-corrected chi connectivity index (χ1v) is 5.95. The molecule has 0 saturated carbocycles. The molecule has 1 aliphatic rings. The highest BCUT2D eigenvalue weighted by atomic mass is 15.3. The van der Waals surface area contributed by atoms with E-state index in [1.165, 1.54) is 19.3 Å². The minimum absolute atomic E-state index is 0.444. The van der Waals surface area contributed by atoms with E-state index in [2.05, 4.69) is 21.0 Å². The molecule has 2 N–H and O–H groups in total. The molecule has 1 aromatic heterocycles. The normalized spacial score (nSPS) is 21.1. The number of rotatable bonds is 4. The molecule has 0 aromatic carbocycles. The zero-order chi connectivity index (χ0) is 11.4. The van der Waals surface area contributed by atoms with Gasteiger partial charge in [-0.1, -0.05) is 6.08 Å². The van der Waals surface area contributed by atoms with Crippen molar-refractivity contribution in [3.05, 3.63) is 25.0 Å². The minimum Gasteiger partial charge on any atom is -0.338 e. The molecule has 88 valence electrons. The molecule has 4 heteroatoms. The van der Waals surface area contributed by atoms with Crippen molar-refractivity contribution in [3.63, 3.8) is 0 Å². The average Bonchev–Trinajstić information content (AvgIpc) is 2.77. The monoisotopic (exact) mass is 220 g/mol. The molecule has 1 unspecified atom stereocenters. The van der Waals surface area contributed by atoms with Gasteiger partial charge < -0.3 is 15.2 Å². The van der Waals surface area contributed by atoms with Gasteiger partial charge in [-0.25, -0.2) is 4.98 Å². The summed E-state index contributed by atoms with van der Waals surface area (Å²) in [5.41, 5.74) is 5.82. The van der Waals surface area contributed by atoms with Gasteiger partial charge in [0, 0.05) is 38.1 Å². The molecule has 1 saturated heterocycles. The maximum Gasteiger partial charge on any atom is 0.206 e.